The van der Waals surface area contributed by atoms with Crippen molar-refractivity contribution >= 4 is 114 Å². The number of rotatable bonds is 6. The van der Waals surface area contributed by atoms with E-state index in [1.807, 2.05) is 70.6 Å². The van der Waals surface area contributed by atoms with Gasteiger partial charge in [0.15, 0.2) is 0 Å². The maximum absolute atomic E-state index is 4.05. The summed E-state index contributed by atoms with van der Waals surface area (Å²) in [5.41, 5.74) is 9.83. The lowest BCUT2D eigenvalue weighted by Crippen LogP contribution is -1.93. The fraction of sp³-hybridized carbons (Fsp3) is 0.0513. The summed E-state index contributed by atoms with van der Waals surface area (Å²) in [4.78, 5) is 1.24. The summed E-state index contributed by atoms with van der Waals surface area (Å²) in [6.45, 7) is 0. The number of benzene rings is 6. The van der Waals surface area contributed by atoms with Crippen molar-refractivity contribution in [3.63, 3.8) is 0 Å². The molecular weight excluding hydrogens is 661 g/mol. The molecule has 0 radical (unpaired) electrons. The fourth-order valence-corrected chi connectivity index (χ4v) is 13.5. The van der Waals surface area contributed by atoms with Gasteiger partial charge in [-0.2, -0.15) is 0 Å². The van der Waals surface area contributed by atoms with Gasteiger partial charge in [-0.05, 0) is 66.9 Å². The molecule has 0 atom stereocenters. The third-order valence-corrected chi connectivity index (χ3v) is 16.1. The Balaban J connectivity index is 1.36. The Hall–Kier alpha value is -2.80. The first-order valence-electron chi connectivity index (χ1n) is 14.5. The third-order valence-electron chi connectivity index (χ3n) is 7.97. The van der Waals surface area contributed by atoms with Gasteiger partial charge in [-0.15, -0.1) is 29.3 Å². The Kier molecular flexibility index (Phi) is 8.40. The molecule has 0 amide bonds. The van der Waals surface area contributed by atoms with Gasteiger partial charge >= 0.3 is 0 Å². The normalized spacial score (nSPS) is 15.0. The average molecular weight is 687 g/mol. The monoisotopic (exact) mass is 686 g/mol. The van der Waals surface area contributed by atoms with E-state index < -0.39 is 0 Å². The minimum atomic E-state index is 1.11. The predicted octanol–water partition coefficient (Wildman–Crippen LogP) is 13.5. The zero-order chi connectivity index (χ0) is 30.3. The van der Waals surface area contributed by atoms with Crippen LogP contribution in [0.1, 0.15) is 16.7 Å². The van der Waals surface area contributed by atoms with Crippen LogP contribution in [0.2, 0.25) is 0 Å². The van der Waals surface area contributed by atoms with Crippen LogP contribution >= 0.6 is 70.6 Å². The molecule has 6 heteroatoms. The van der Waals surface area contributed by atoms with Crippen LogP contribution in [0, 0.1) is 0 Å². The molecule has 0 bridgehead atoms. The molecule has 0 spiro atoms. The largest absolute Gasteiger partial charge is 0.121 e. The van der Waals surface area contributed by atoms with Gasteiger partial charge in [-0.25, -0.2) is 0 Å². The highest BCUT2D eigenvalue weighted by molar-refractivity contribution is 8.42. The maximum atomic E-state index is 4.05. The Bertz CT molecular complexity index is 2220. The highest BCUT2D eigenvalue weighted by Crippen LogP contribution is 2.62. The van der Waals surface area contributed by atoms with E-state index in [9.17, 15) is 0 Å². The number of thioether (sulfide) groups is 6. The summed E-state index contributed by atoms with van der Waals surface area (Å²) in [5, 5.41) is 10.1. The molecule has 2 heterocycles. The maximum Gasteiger partial charge on any atom is 0.0717 e. The van der Waals surface area contributed by atoms with Crippen LogP contribution in [0.3, 0.4) is 0 Å². The SMILES string of the molecule is CSC1=C(SC)SC(=C2SC=C(C(=C=C(c3ccccc3)c3ccc4ccc5cccc6ccc3c4c56)c3ccccc3)S2)S1. The molecule has 2 aliphatic rings. The van der Waals surface area contributed by atoms with Crippen LogP contribution in [0.5, 0.6) is 0 Å². The van der Waals surface area contributed by atoms with Crippen molar-refractivity contribution < 1.29 is 0 Å². The number of allylic oxidation sites excluding steroid dienone is 1. The van der Waals surface area contributed by atoms with Crippen LogP contribution in [-0.4, -0.2) is 12.5 Å². The molecule has 0 aromatic heterocycles. The van der Waals surface area contributed by atoms with Crippen LogP contribution in [0.4, 0.5) is 0 Å². The van der Waals surface area contributed by atoms with Gasteiger partial charge in [0.25, 0.3) is 0 Å². The zero-order valence-corrected chi connectivity index (χ0v) is 29.4. The van der Waals surface area contributed by atoms with Gasteiger partial charge in [-0.1, -0.05) is 162 Å². The Morgan fingerprint density at radius 2 is 1.11 bits per heavy atom. The molecule has 0 aliphatic carbocycles. The zero-order valence-electron chi connectivity index (χ0n) is 24.5. The summed E-state index contributed by atoms with van der Waals surface area (Å²) in [7, 11) is 0. The van der Waals surface area contributed by atoms with Gasteiger partial charge in [-0.3, -0.25) is 0 Å². The van der Waals surface area contributed by atoms with Gasteiger partial charge in [0.2, 0.25) is 0 Å². The van der Waals surface area contributed by atoms with Crippen molar-refractivity contribution in [3.8, 4) is 0 Å². The van der Waals surface area contributed by atoms with Crippen LogP contribution in [0.15, 0.2) is 148 Å². The first-order chi connectivity index (χ1) is 22.2. The highest BCUT2D eigenvalue weighted by atomic mass is 32.3. The van der Waals surface area contributed by atoms with Crippen molar-refractivity contribution in [1.82, 2.24) is 0 Å². The fourth-order valence-electron chi connectivity index (χ4n) is 5.92. The van der Waals surface area contributed by atoms with E-state index in [0.717, 1.165) is 16.7 Å². The lowest BCUT2D eigenvalue weighted by Gasteiger charge is -2.16. The molecule has 6 aromatic rings. The van der Waals surface area contributed by atoms with Crippen LogP contribution < -0.4 is 0 Å². The van der Waals surface area contributed by atoms with Crippen molar-refractivity contribution in [2.24, 2.45) is 0 Å². The van der Waals surface area contributed by atoms with Gasteiger partial charge in [0, 0.05) is 16.1 Å². The Morgan fingerprint density at radius 1 is 0.533 bits per heavy atom. The Labute approximate surface area is 289 Å². The van der Waals surface area contributed by atoms with E-state index >= 15 is 0 Å². The lowest BCUT2D eigenvalue weighted by molar-refractivity contribution is 1.58. The van der Waals surface area contributed by atoms with E-state index in [1.165, 1.54) is 65.3 Å². The molecule has 0 unspecified atom stereocenters. The standard InChI is InChI=1S/C39H26S6/c1-40-36-37(41-2)45-39(44-36)38-42-23-33(43-38)32(25-12-7-4-8-13-25)22-31(24-10-5-3-6-11-24)29-20-18-28-17-16-26-14-9-15-27-19-21-30(29)35(28)34(26)27/h3-21,23H,1-2H3. The summed E-state index contributed by atoms with van der Waals surface area (Å²) >= 11 is 11.3. The molecule has 0 nitrogen and oxygen atoms in total. The topological polar surface area (TPSA) is 0 Å². The first-order valence-corrected chi connectivity index (χ1v) is 20.3. The highest BCUT2D eigenvalue weighted by Gasteiger charge is 2.28. The molecule has 0 fully saturated rings. The molecule has 45 heavy (non-hydrogen) atoms. The quantitative estimate of drug-likeness (QED) is 0.125. The van der Waals surface area contributed by atoms with Crippen molar-refractivity contribution in [2.75, 3.05) is 12.5 Å². The van der Waals surface area contributed by atoms with Gasteiger partial charge in [0.05, 0.1) is 16.9 Å². The minimum absolute atomic E-state index is 1.11. The Morgan fingerprint density at radius 3 is 1.76 bits per heavy atom. The van der Waals surface area contributed by atoms with E-state index in [1.54, 1.807) is 0 Å². The second-order valence-electron chi connectivity index (χ2n) is 10.5. The van der Waals surface area contributed by atoms with E-state index in [2.05, 4.69) is 139 Å². The molecule has 0 N–H and O–H groups in total. The predicted molar refractivity (Wildman–Crippen MR) is 212 cm³/mol. The molecule has 0 saturated heterocycles. The summed E-state index contributed by atoms with van der Waals surface area (Å²) < 4.78 is 5.55. The van der Waals surface area contributed by atoms with Crippen molar-refractivity contribution in [3.05, 3.63) is 165 Å². The van der Waals surface area contributed by atoms with E-state index in [-0.39, 0.29) is 0 Å². The van der Waals surface area contributed by atoms with Crippen LogP contribution in [0.25, 0.3) is 43.5 Å². The van der Waals surface area contributed by atoms with Crippen molar-refractivity contribution in [2.45, 2.75) is 0 Å². The molecular formula is C39H26S6. The summed E-state index contributed by atoms with van der Waals surface area (Å²) in [5.74, 6) is 0. The minimum Gasteiger partial charge on any atom is -0.121 e. The van der Waals surface area contributed by atoms with E-state index in [0.29, 0.717) is 0 Å². The molecule has 8 rings (SSSR count). The smallest absolute Gasteiger partial charge is 0.0717 e. The van der Waals surface area contributed by atoms with Gasteiger partial charge in [0.1, 0.15) is 0 Å². The van der Waals surface area contributed by atoms with Crippen molar-refractivity contribution in [1.29, 1.82) is 0 Å². The number of hydrogen-bond donors (Lipinski definition) is 0. The molecule has 218 valence electrons. The first kappa shape index (κ1) is 29.6. The molecule has 0 saturated carbocycles. The average Bonchev–Trinajstić information content (AvgIpc) is 3.76. The number of hydrogen-bond acceptors (Lipinski definition) is 6. The van der Waals surface area contributed by atoms with Crippen LogP contribution in [-0.2, 0) is 0 Å². The third kappa shape index (κ3) is 5.51. The molecule has 2 aliphatic heterocycles. The summed E-state index contributed by atoms with van der Waals surface area (Å²) in [6.07, 6.45) is 4.35. The summed E-state index contributed by atoms with van der Waals surface area (Å²) in [6, 6.07) is 41.8. The molecule has 6 aromatic carbocycles. The second kappa shape index (κ2) is 12.8. The lowest BCUT2D eigenvalue weighted by atomic mass is 9.87. The van der Waals surface area contributed by atoms with Gasteiger partial charge < -0.3 is 0 Å². The van der Waals surface area contributed by atoms with E-state index in [4.69, 9.17) is 0 Å². The second-order valence-corrected chi connectivity index (χ2v) is 17.2.